The standard InChI is InChI=1S/C26H26Cl2N4O2/c1-4-20(9-8-16-33)11-10-18(2)32-19(3)24(26(34)30-31-14-6-5-7-15-31)29-25(32)22-13-12-21(27)17-23(22)28/h1,10-13,17,33H,5-7,14-16H2,2-3H3,(H,30,34)/b18-10+,20-11+. The minimum Gasteiger partial charge on any atom is -0.384 e. The number of terminal acetylenes is 1. The number of hydrazine groups is 1. The molecule has 1 fully saturated rings. The number of rotatable bonds is 5. The number of nitrogens with one attached hydrogen (secondary N) is 1. The Hall–Kier alpha value is -3.00. The predicted molar refractivity (Wildman–Crippen MR) is 137 cm³/mol. The number of aliphatic hydroxyl groups excluding tert-OH is 1. The average Bonchev–Trinajstić information content (AvgIpc) is 3.16. The molecule has 1 saturated heterocycles. The zero-order valence-corrected chi connectivity index (χ0v) is 20.7. The predicted octanol–water partition coefficient (Wildman–Crippen LogP) is 4.71. The van der Waals surface area contributed by atoms with Crippen LogP contribution in [0.2, 0.25) is 10.0 Å². The van der Waals surface area contributed by atoms with E-state index in [9.17, 15) is 4.79 Å². The third-order valence-corrected chi connectivity index (χ3v) is 5.96. The number of hydrogen-bond donors (Lipinski definition) is 2. The van der Waals surface area contributed by atoms with Gasteiger partial charge in [0.05, 0.1) is 16.3 Å². The molecule has 0 spiro atoms. The lowest BCUT2D eigenvalue weighted by molar-refractivity contribution is 0.0744. The number of aromatic nitrogens is 2. The van der Waals surface area contributed by atoms with E-state index in [2.05, 4.69) is 28.2 Å². The topological polar surface area (TPSA) is 70.4 Å². The Morgan fingerprint density at radius 1 is 1.26 bits per heavy atom. The molecule has 6 nitrogen and oxygen atoms in total. The van der Waals surface area contributed by atoms with Crippen LogP contribution in [0.1, 0.15) is 42.4 Å². The maximum atomic E-state index is 13.1. The largest absolute Gasteiger partial charge is 0.384 e. The first-order valence-corrected chi connectivity index (χ1v) is 11.7. The number of nitrogens with zero attached hydrogens (tertiary/aromatic N) is 3. The van der Waals surface area contributed by atoms with Crippen molar-refractivity contribution in [3.63, 3.8) is 0 Å². The van der Waals surface area contributed by atoms with Gasteiger partial charge in [-0.25, -0.2) is 9.99 Å². The zero-order chi connectivity index (χ0) is 24.7. The minimum absolute atomic E-state index is 0.272. The van der Waals surface area contributed by atoms with Crippen LogP contribution in [-0.4, -0.2) is 45.3 Å². The lowest BCUT2D eigenvalue weighted by Crippen LogP contribution is -2.45. The van der Waals surface area contributed by atoms with Gasteiger partial charge in [-0.05, 0) is 57.0 Å². The van der Waals surface area contributed by atoms with E-state index >= 15 is 0 Å². The number of benzene rings is 1. The summed E-state index contributed by atoms with van der Waals surface area (Å²) in [5.41, 5.74) is 5.75. The molecule has 0 bridgehead atoms. The van der Waals surface area contributed by atoms with E-state index < -0.39 is 0 Å². The SMILES string of the molecule is C#C/C(C#CCO)=C\C=C(/C)n1c(-c2ccc(Cl)cc2Cl)nc(C(=O)NN2CCCCC2)c1C. The van der Waals surface area contributed by atoms with Crippen molar-refractivity contribution in [3.05, 3.63) is 57.4 Å². The van der Waals surface area contributed by atoms with Gasteiger partial charge in [0.1, 0.15) is 12.4 Å². The summed E-state index contributed by atoms with van der Waals surface area (Å²) in [6, 6.07) is 5.14. The molecular formula is C26H26Cl2N4O2. The van der Waals surface area contributed by atoms with Crippen molar-refractivity contribution in [2.45, 2.75) is 33.1 Å². The normalized spacial score (nSPS) is 14.8. The second-order valence-electron chi connectivity index (χ2n) is 7.81. The van der Waals surface area contributed by atoms with Gasteiger partial charge in [-0.1, -0.05) is 47.4 Å². The summed E-state index contributed by atoms with van der Waals surface area (Å²) in [5.74, 6) is 7.99. The molecule has 0 unspecified atom stereocenters. The van der Waals surface area contributed by atoms with Crippen LogP contribution in [0.3, 0.4) is 0 Å². The number of aliphatic hydroxyl groups is 1. The summed E-state index contributed by atoms with van der Waals surface area (Å²) in [4.78, 5) is 17.8. The van der Waals surface area contributed by atoms with Gasteiger partial charge in [-0.2, -0.15) is 0 Å². The number of allylic oxidation sites excluding steroid dienone is 4. The molecule has 1 aromatic carbocycles. The average molecular weight is 497 g/mol. The van der Waals surface area contributed by atoms with Gasteiger partial charge in [0, 0.05) is 29.4 Å². The number of carbonyl (C=O) groups excluding carboxylic acids is 1. The maximum Gasteiger partial charge on any atom is 0.286 e. The summed E-state index contributed by atoms with van der Waals surface area (Å²) < 4.78 is 1.85. The van der Waals surface area contributed by atoms with Crippen molar-refractivity contribution in [2.24, 2.45) is 0 Å². The highest BCUT2D eigenvalue weighted by atomic mass is 35.5. The summed E-state index contributed by atoms with van der Waals surface area (Å²) in [6.07, 6.45) is 12.2. The second kappa shape index (κ2) is 11.9. The van der Waals surface area contributed by atoms with Crippen molar-refractivity contribution >= 4 is 34.8 Å². The number of halogens is 2. The highest BCUT2D eigenvalue weighted by Crippen LogP contribution is 2.33. The molecule has 1 aromatic heterocycles. The van der Waals surface area contributed by atoms with E-state index in [1.54, 1.807) is 30.4 Å². The van der Waals surface area contributed by atoms with Gasteiger partial charge in [0.2, 0.25) is 0 Å². The molecule has 34 heavy (non-hydrogen) atoms. The fourth-order valence-corrected chi connectivity index (χ4v) is 4.23. The van der Waals surface area contributed by atoms with Crippen LogP contribution in [0.15, 0.2) is 35.9 Å². The zero-order valence-electron chi connectivity index (χ0n) is 19.2. The molecule has 2 N–H and O–H groups in total. The molecule has 1 aliphatic heterocycles. The Kier molecular flexibility index (Phi) is 8.98. The van der Waals surface area contributed by atoms with Gasteiger partial charge < -0.3 is 9.67 Å². The van der Waals surface area contributed by atoms with Crippen molar-refractivity contribution in [3.8, 4) is 35.6 Å². The molecule has 1 amide bonds. The maximum absolute atomic E-state index is 13.1. The fraction of sp³-hybridized carbons (Fsp3) is 0.308. The summed E-state index contributed by atoms with van der Waals surface area (Å²) in [7, 11) is 0. The van der Waals surface area contributed by atoms with Crippen molar-refractivity contribution in [1.29, 1.82) is 0 Å². The van der Waals surface area contributed by atoms with E-state index in [1.165, 1.54) is 6.42 Å². The Balaban J connectivity index is 2.09. The monoisotopic (exact) mass is 496 g/mol. The van der Waals surface area contributed by atoms with Gasteiger partial charge in [-0.15, -0.1) is 6.42 Å². The van der Waals surface area contributed by atoms with Gasteiger partial charge in [-0.3, -0.25) is 10.2 Å². The van der Waals surface area contributed by atoms with E-state index in [-0.39, 0.29) is 12.5 Å². The molecule has 0 aliphatic carbocycles. The smallest absolute Gasteiger partial charge is 0.286 e. The third kappa shape index (κ3) is 6.11. The van der Waals surface area contributed by atoms with Crippen LogP contribution in [0.4, 0.5) is 0 Å². The number of imidazole rings is 1. The van der Waals surface area contributed by atoms with Crippen LogP contribution < -0.4 is 5.43 Å². The lowest BCUT2D eigenvalue weighted by Gasteiger charge is -2.26. The molecule has 2 aromatic rings. The first-order chi connectivity index (χ1) is 16.3. The minimum atomic E-state index is -0.281. The lowest BCUT2D eigenvalue weighted by atomic mass is 10.2. The van der Waals surface area contributed by atoms with Gasteiger partial charge in [0.25, 0.3) is 5.91 Å². The molecule has 2 heterocycles. The number of carbonyl (C=O) groups is 1. The number of amides is 1. The summed E-state index contributed by atoms with van der Waals surface area (Å²) in [6.45, 7) is 5.05. The fourth-order valence-electron chi connectivity index (χ4n) is 3.74. The molecular weight excluding hydrogens is 471 g/mol. The Morgan fingerprint density at radius 2 is 2.00 bits per heavy atom. The van der Waals surface area contributed by atoms with Crippen LogP contribution in [0.25, 0.3) is 17.1 Å². The summed E-state index contributed by atoms with van der Waals surface area (Å²) >= 11 is 12.6. The first-order valence-electron chi connectivity index (χ1n) is 10.9. The molecule has 3 rings (SSSR count). The van der Waals surface area contributed by atoms with Crippen molar-refractivity contribution in [2.75, 3.05) is 19.7 Å². The third-order valence-electron chi connectivity index (χ3n) is 5.41. The Labute approximate surface area is 210 Å². The van der Waals surface area contributed by atoms with E-state index in [0.29, 0.717) is 38.4 Å². The molecule has 0 radical (unpaired) electrons. The highest BCUT2D eigenvalue weighted by molar-refractivity contribution is 6.36. The Bertz CT molecular complexity index is 1240. The van der Waals surface area contributed by atoms with Gasteiger partial charge in [0.15, 0.2) is 5.69 Å². The van der Waals surface area contributed by atoms with E-state index in [0.717, 1.165) is 31.6 Å². The summed E-state index contributed by atoms with van der Waals surface area (Å²) in [5, 5.41) is 11.8. The van der Waals surface area contributed by atoms with Crippen LogP contribution >= 0.6 is 23.2 Å². The second-order valence-corrected chi connectivity index (χ2v) is 8.65. The van der Waals surface area contributed by atoms with Crippen LogP contribution in [0.5, 0.6) is 0 Å². The Morgan fingerprint density at radius 3 is 2.65 bits per heavy atom. The number of hydrogen-bond acceptors (Lipinski definition) is 4. The molecule has 8 heteroatoms. The highest BCUT2D eigenvalue weighted by Gasteiger charge is 2.24. The molecule has 176 valence electrons. The van der Waals surface area contributed by atoms with E-state index in [4.69, 9.17) is 34.7 Å². The van der Waals surface area contributed by atoms with Crippen LogP contribution in [0, 0.1) is 31.1 Å². The van der Waals surface area contributed by atoms with Crippen molar-refractivity contribution < 1.29 is 9.90 Å². The van der Waals surface area contributed by atoms with Gasteiger partial charge >= 0.3 is 0 Å². The molecule has 0 atom stereocenters. The quantitative estimate of drug-likeness (QED) is 0.464. The number of piperidine rings is 1. The van der Waals surface area contributed by atoms with Crippen LogP contribution in [-0.2, 0) is 0 Å². The first kappa shape index (κ1) is 25.6. The molecule has 0 saturated carbocycles. The van der Waals surface area contributed by atoms with Crippen molar-refractivity contribution in [1.82, 2.24) is 20.0 Å². The van der Waals surface area contributed by atoms with E-state index in [1.807, 2.05) is 23.4 Å². The molecule has 1 aliphatic rings.